The van der Waals surface area contributed by atoms with Crippen LogP contribution >= 0.6 is 11.3 Å². The molecule has 7 heteroatoms. The molecule has 2 N–H and O–H groups in total. The summed E-state index contributed by atoms with van der Waals surface area (Å²) in [6.07, 6.45) is 2.81. The maximum absolute atomic E-state index is 12.4. The Morgan fingerprint density at radius 1 is 1.21 bits per heavy atom. The molecule has 1 aliphatic rings. The lowest BCUT2D eigenvalue weighted by molar-refractivity contribution is -0.137. The molecule has 0 bridgehead atoms. The van der Waals surface area contributed by atoms with Crippen molar-refractivity contribution in [2.75, 3.05) is 12.4 Å². The first-order valence-electron chi connectivity index (χ1n) is 9.29. The van der Waals surface area contributed by atoms with Crippen molar-refractivity contribution in [1.29, 1.82) is 0 Å². The lowest BCUT2D eigenvalue weighted by Gasteiger charge is -2.22. The lowest BCUT2D eigenvalue weighted by Crippen LogP contribution is -2.16. The molecule has 1 unspecified atom stereocenters. The van der Waals surface area contributed by atoms with Crippen LogP contribution in [0.3, 0.4) is 0 Å². The fourth-order valence-electron chi connectivity index (χ4n) is 3.59. The summed E-state index contributed by atoms with van der Waals surface area (Å²) in [5.74, 6) is -1.28. The van der Waals surface area contributed by atoms with E-state index in [9.17, 15) is 14.4 Å². The highest BCUT2D eigenvalue weighted by atomic mass is 32.1. The number of hydrogen-bond acceptors (Lipinski definition) is 5. The number of carboxylic acids is 1. The third-order valence-electron chi connectivity index (χ3n) is 4.97. The third kappa shape index (κ3) is 4.59. The number of fused-ring (bicyclic) bond motifs is 1. The fraction of sp³-hybridized carbons (Fsp3) is 0.381. The van der Waals surface area contributed by atoms with Crippen molar-refractivity contribution in [2.45, 2.75) is 44.4 Å². The van der Waals surface area contributed by atoms with Gasteiger partial charge in [0.1, 0.15) is 5.00 Å². The van der Waals surface area contributed by atoms with Crippen LogP contribution in [-0.2, 0) is 27.2 Å². The van der Waals surface area contributed by atoms with Gasteiger partial charge in [0.2, 0.25) is 5.91 Å². The summed E-state index contributed by atoms with van der Waals surface area (Å²) >= 11 is 1.42. The van der Waals surface area contributed by atoms with Crippen LogP contribution in [-0.4, -0.2) is 30.1 Å². The van der Waals surface area contributed by atoms with Crippen molar-refractivity contribution in [2.24, 2.45) is 0 Å². The van der Waals surface area contributed by atoms with Gasteiger partial charge in [-0.25, -0.2) is 4.79 Å². The van der Waals surface area contributed by atoms with E-state index in [1.165, 1.54) is 24.0 Å². The molecule has 148 valence electrons. The van der Waals surface area contributed by atoms with E-state index in [0.29, 0.717) is 16.5 Å². The molecule has 6 nitrogen and oxygen atoms in total. The number of thiophene rings is 1. The minimum Gasteiger partial charge on any atom is -0.481 e. The van der Waals surface area contributed by atoms with E-state index in [1.807, 2.05) is 18.2 Å². The van der Waals surface area contributed by atoms with E-state index < -0.39 is 11.9 Å². The number of methoxy groups -OCH3 is 1. The van der Waals surface area contributed by atoms with E-state index in [2.05, 4.69) is 17.4 Å². The van der Waals surface area contributed by atoms with Gasteiger partial charge in [0.15, 0.2) is 0 Å². The summed E-state index contributed by atoms with van der Waals surface area (Å²) in [6, 6.07) is 10.3. The molecule has 28 heavy (non-hydrogen) atoms. The molecule has 0 saturated heterocycles. The number of nitrogens with one attached hydrogen (secondary N) is 1. The largest absolute Gasteiger partial charge is 0.481 e. The second kappa shape index (κ2) is 9.01. The van der Waals surface area contributed by atoms with Crippen LogP contribution in [0.2, 0.25) is 0 Å². The zero-order valence-electron chi connectivity index (χ0n) is 15.7. The SMILES string of the molecule is COC(=O)c1c(NC(=O)CCCC(=O)O)sc2c1CCC(c1ccccc1)C2. The average Bonchev–Trinajstić information content (AvgIpc) is 3.04. The number of rotatable bonds is 7. The van der Waals surface area contributed by atoms with Gasteiger partial charge in [-0.2, -0.15) is 0 Å². The number of aliphatic carboxylic acids is 1. The standard InChI is InChI=1S/C21H23NO5S/c1-27-21(26)19-15-11-10-14(13-6-3-2-4-7-13)12-16(15)28-20(19)22-17(23)8-5-9-18(24)25/h2-4,6-7,14H,5,8-12H2,1H3,(H,22,23)(H,24,25). The molecule has 1 aromatic carbocycles. The molecular formula is C21H23NO5S. The predicted octanol–water partition coefficient (Wildman–Crippen LogP) is 4.00. The second-order valence-electron chi connectivity index (χ2n) is 6.85. The predicted molar refractivity (Wildman–Crippen MR) is 107 cm³/mol. The Bertz CT molecular complexity index is 874. The molecule has 0 saturated carbocycles. The summed E-state index contributed by atoms with van der Waals surface area (Å²) in [4.78, 5) is 36.3. The van der Waals surface area contributed by atoms with Crippen LogP contribution in [0.4, 0.5) is 5.00 Å². The summed E-state index contributed by atoms with van der Waals surface area (Å²) in [6.45, 7) is 0. The molecule has 1 amide bonds. The maximum atomic E-state index is 12.4. The van der Waals surface area contributed by atoms with E-state index in [1.54, 1.807) is 0 Å². The zero-order valence-corrected chi connectivity index (χ0v) is 16.5. The highest BCUT2D eigenvalue weighted by molar-refractivity contribution is 7.17. The van der Waals surface area contributed by atoms with Gasteiger partial charge in [0.05, 0.1) is 12.7 Å². The number of ether oxygens (including phenoxy) is 1. The monoisotopic (exact) mass is 401 g/mol. The van der Waals surface area contributed by atoms with Crippen molar-refractivity contribution >= 4 is 34.2 Å². The first kappa shape index (κ1) is 20.1. The number of esters is 1. The van der Waals surface area contributed by atoms with Crippen molar-refractivity contribution in [1.82, 2.24) is 0 Å². The molecule has 0 spiro atoms. The molecule has 0 fully saturated rings. The normalized spacial score (nSPS) is 15.5. The Morgan fingerprint density at radius 2 is 1.96 bits per heavy atom. The number of carbonyl (C=O) groups excluding carboxylic acids is 2. The van der Waals surface area contributed by atoms with Crippen molar-refractivity contribution in [3.63, 3.8) is 0 Å². The zero-order chi connectivity index (χ0) is 20.1. The van der Waals surface area contributed by atoms with Gasteiger partial charge < -0.3 is 15.2 Å². The molecule has 3 rings (SSSR count). The number of carbonyl (C=O) groups is 3. The van der Waals surface area contributed by atoms with E-state index in [0.717, 1.165) is 29.7 Å². The molecule has 1 aromatic heterocycles. The molecule has 2 aromatic rings. The average molecular weight is 401 g/mol. The Kier molecular flexibility index (Phi) is 6.46. The van der Waals surface area contributed by atoms with Crippen LogP contribution in [0.25, 0.3) is 0 Å². The van der Waals surface area contributed by atoms with Gasteiger partial charge in [0.25, 0.3) is 0 Å². The van der Waals surface area contributed by atoms with Gasteiger partial charge in [-0.05, 0) is 42.7 Å². The van der Waals surface area contributed by atoms with Gasteiger partial charge in [-0.3, -0.25) is 9.59 Å². The smallest absolute Gasteiger partial charge is 0.341 e. The number of hydrogen-bond donors (Lipinski definition) is 2. The second-order valence-corrected chi connectivity index (χ2v) is 7.95. The van der Waals surface area contributed by atoms with Gasteiger partial charge >= 0.3 is 11.9 Å². The summed E-state index contributed by atoms with van der Waals surface area (Å²) in [7, 11) is 1.33. The van der Waals surface area contributed by atoms with Crippen LogP contribution in [0.5, 0.6) is 0 Å². The van der Waals surface area contributed by atoms with Crippen LogP contribution in [0.1, 0.15) is 58.0 Å². The Hall–Kier alpha value is -2.67. The molecule has 0 radical (unpaired) electrons. The molecule has 1 atom stereocenters. The minimum absolute atomic E-state index is 0.0586. The fourth-order valence-corrected chi connectivity index (χ4v) is 4.92. The van der Waals surface area contributed by atoms with Gasteiger partial charge in [-0.15, -0.1) is 11.3 Å². The summed E-state index contributed by atoms with van der Waals surface area (Å²) < 4.78 is 4.95. The Balaban J connectivity index is 1.80. The van der Waals surface area contributed by atoms with Crippen molar-refractivity contribution in [3.8, 4) is 0 Å². The van der Waals surface area contributed by atoms with Gasteiger partial charge in [-0.1, -0.05) is 30.3 Å². The molecule has 0 aliphatic heterocycles. The van der Waals surface area contributed by atoms with Crippen LogP contribution < -0.4 is 5.32 Å². The number of amides is 1. The van der Waals surface area contributed by atoms with E-state index in [4.69, 9.17) is 9.84 Å². The molecular weight excluding hydrogens is 378 g/mol. The Labute approximate surface area is 167 Å². The highest BCUT2D eigenvalue weighted by Crippen LogP contribution is 2.42. The Morgan fingerprint density at radius 3 is 2.64 bits per heavy atom. The van der Waals surface area contributed by atoms with Crippen molar-refractivity contribution < 1.29 is 24.2 Å². The third-order valence-corrected chi connectivity index (χ3v) is 6.14. The topological polar surface area (TPSA) is 92.7 Å². The molecule has 1 aliphatic carbocycles. The van der Waals surface area contributed by atoms with Crippen molar-refractivity contribution in [3.05, 3.63) is 51.9 Å². The van der Waals surface area contributed by atoms with E-state index in [-0.39, 0.29) is 25.2 Å². The summed E-state index contributed by atoms with van der Waals surface area (Å²) in [5, 5.41) is 12.0. The minimum atomic E-state index is -0.929. The first-order valence-corrected chi connectivity index (χ1v) is 10.1. The van der Waals surface area contributed by atoms with E-state index >= 15 is 0 Å². The molecule has 1 heterocycles. The maximum Gasteiger partial charge on any atom is 0.341 e. The quantitative estimate of drug-likeness (QED) is 0.684. The number of benzene rings is 1. The summed E-state index contributed by atoms with van der Waals surface area (Å²) in [5.41, 5.74) is 2.69. The number of anilines is 1. The van der Waals surface area contributed by atoms with Crippen LogP contribution in [0, 0.1) is 0 Å². The highest BCUT2D eigenvalue weighted by Gasteiger charge is 2.30. The number of carboxylic acid groups (broad SMARTS) is 1. The van der Waals surface area contributed by atoms with Crippen LogP contribution in [0.15, 0.2) is 30.3 Å². The van der Waals surface area contributed by atoms with Gasteiger partial charge in [0, 0.05) is 17.7 Å². The first-order chi connectivity index (χ1) is 13.5. The lowest BCUT2D eigenvalue weighted by atomic mass is 9.83.